The Kier molecular flexibility index (Phi) is 15.3. The van der Waals surface area contributed by atoms with E-state index in [9.17, 15) is 57.5 Å². The van der Waals surface area contributed by atoms with Gasteiger partial charge in [0.05, 0.1) is 12.7 Å². The minimum Gasteiger partial charge on any atom is -0.497 e. The molecule has 17 heteroatoms. The SMILES string of the molecule is C=CC(C=C)(Oc1ccc(C(=O)c2ccc(Oc3ccc(C(c4ccc(C(CC)(CC)OC)cc4)(C(F)(F)F)C(F)(F)F)cc3)cc2)cc1)c1ccc(C(c2ccc(OC)cc2)(C(F)(F)F)C(F)(F)F)cc1. The number of carbonyl (C=O) groups excluding carboxylic acids is 1. The summed E-state index contributed by atoms with van der Waals surface area (Å²) in [6, 6.07) is 25.3. The minimum absolute atomic E-state index is 0.0492. The molecule has 0 radical (unpaired) electrons. The van der Waals surface area contributed by atoms with Crippen LogP contribution in [-0.2, 0) is 26.8 Å². The van der Waals surface area contributed by atoms with Gasteiger partial charge in [-0.1, -0.05) is 99.8 Å². The van der Waals surface area contributed by atoms with Crippen molar-refractivity contribution in [2.75, 3.05) is 14.2 Å². The zero-order valence-corrected chi connectivity index (χ0v) is 38.9. The lowest BCUT2D eigenvalue weighted by molar-refractivity contribution is -0.290. The predicted octanol–water partition coefficient (Wildman–Crippen LogP) is 15.8. The summed E-state index contributed by atoms with van der Waals surface area (Å²) in [5.41, 5.74) is -15.0. The molecule has 6 rings (SSSR count). The van der Waals surface area contributed by atoms with Crippen molar-refractivity contribution < 1.29 is 76.4 Å². The minimum atomic E-state index is -5.84. The van der Waals surface area contributed by atoms with Gasteiger partial charge in [0, 0.05) is 23.8 Å². The number of benzene rings is 6. The number of ether oxygens (including phenoxy) is 4. The third-order valence-corrected chi connectivity index (χ3v) is 13.0. The second kappa shape index (κ2) is 20.2. The van der Waals surface area contributed by atoms with Gasteiger partial charge in [-0.2, -0.15) is 52.7 Å². The summed E-state index contributed by atoms with van der Waals surface area (Å²) in [5.74, 6) is -0.365. The van der Waals surface area contributed by atoms with Gasteiger partial charge in [-0.3, -0.25) is 4.79 Å². The molecule has 72 heavy (non-hydrogen) atoms. The second-order valence-electron chi connectivity index (χ2n) is 16.6. The van der Waals surface area contributed by atoms with Crippen LogP contribution in [0.5, 0.6) is 23.0 Å². The quantitative estimate of drug-likeness (QED) is 0.0488. The molecule has 0 spiro atoms. The zero-order chi connectivity index (χ0) is 53.1. The Morgan fingerprint density at radius 3 is 1.03 bits per heavy atom. The Morgan fingerprint density at radius 2 is 0.722 bits per heavy atom. The number of hydrogen-bond donors (Lipinski definition) is 0. The van der Waals surface area contributed by atoms with Gasteiger partial charge in [-0.15, -0.1) is 0 Å². The molecule has 0 saturated carbocycles. The van der Waals surface area contributed by atoms with Crippen LogP contribution in [0, 0.1) is 0 Å². The molecule has 6 aromatic carbocycles. The lowest BCUT2D eigenvalue weighted by atomic mass is 9.72. The molecule has 0 aliphatic rings. The van der Waals surface area contributed by atoms with E-state index in [-0.39, 0.29) is 39.7 Å². The van der Waals surface area contributed by atoms with Crippen LogP contribution < -0.4 is 14.2 Å². The molecule has 0 atom stereocenters. The molecule has 380 valence electrons. The molecule has 5 nitrogen and oxygen atoms in total. The summed E-state index contributed by atoms with van der Waals surface area (Å²) in [5, 5.41) is 0. The van der Waals surface area contributed by atoms with Crippen LogP contribution in [-0.4, -0.2) is 44.7 Å². The van der Waals surface area contributed by atoms with Gasteiger partial charge in [-0.05, 0) is 126 Å². The normalized spacial score (nSPS) is 13.1. The van der Waals surface area contributed by atoms with E-state index in [4.69, 9.17) is 18.9 Å². The molecular weight excluding hydrogens is 969 g/mol. The van der Waals surface area contributed by atoms with Crippen LogP contribution in [0.2, 0.25) is 0 Å². The Bertz CT molecular complexity index is 2760. The first-order valence-electron chi connectivity index (χ1n) is 22.0. The fourth-order valence-electron chi connectivity index (χ4n) is 8.96. The van der Waals surface area contributed by atoms with Crippen molar-refractivity contribution >= 4 is 5.78 Å². The van der Waals surface area contributed by atoms with Crippen LogP contribution in [0.25, 0.3) is 0 Å². The summed E-state index contributed by atoms with van der Waals surface area (Å²) in [6.07, 6.45) is -20.0. The maximum Gasteiger partial charge on any atom is 0.411 e. The van der Waals surface area contributed by atoms with Gasteiger partial charge in [-0.25, -0.2) is 0 Å². The lowest BCUT2D eigenvalue weighted by Gasteiger charge is -2.39. The summed E-state index contributed by atoms with van der Waals surface area (Å²) in [6.45, 7) is 11.1. The van der Waals surface area contributed by atoms with Crippen molar-refractivity contribution in [3.63, 3.8) is 0 Å². The maximum atomic E-state index is 14.9. The number of hydrogen-bond acceptors (Lipinski definition) is 5. The second-order valence-corrected chi connectivity index (χ2v) is 16.6. The molecular formula is C55H46F12O5. The van der Waals surface area contributed by atoms with E-state index in [2.05, 4.69) is 13.2 Å². The van der Waals surface area contributed by atoms with Crippen molar-refractivity contribution in [2.45, 2.75) is 73.4 Å². The van der Waals surface area contributed by atoms with E-state index in [1.54, 1.807) is 13.8 Å². The van der Waals surface area contributed by atoms with Crippen LogP contribution in [0.15, 0.2) is 171 Å². The molecule has 0 N–H and O–H groups in total. The van der Waals surface area contributed by atoms with E-state index < -0.39 is 74.8 Å². The van der Waals surface area contributed by atoms with Gasteiger partial charge < -0.3 is 18.9 Å². The highest BCUT2D eigenvalue weighted by molar-refractivity contribution is 6.09. The summed E-state index contributed by atoms with van der Waals surface area (Å²) < 4.78 is 200. The first-order chi connectivity index (χ1) is 33.8. The molecule has 6 aromatic rings. The van der Waals surface area contributed by atoms with Crippen LogP contribution in [0.1, 0.15) is 76.0 Å². The third kappa shape index (κ3) is 9.58. The summed E-state index contributed by atoms with van der Waals surface area (Å²) in [7, 11) is 2.63. The van der Waals surface area contributed by atoms with E-state index in [1.807, 2.05) is 0 Å². The molecule has 0 aliphatic heterocycles. The molecule has 0 heterocycles. The molecule has 0 aliphatic carbocycles. The number of alkyl halides is 12. The molecule has 0 saturated heterocycles. The molecule has 0 amide bonds. The zero-order valence-electron chi connectivity index (χ0n) is 38.9. The van der Waals surface area contributed by atoms with E-state index in [1.165, 1.54) is 87.0 Å². The van der Waals surface area contributed by atoms with Gasteiger partial charge in [0.2, 0.25) is 10.8 Å². The summed E-state index contributed by atoms with van der Waals surface area (Å²) >= 11 is 0. The maximum absolute atomic E-state index is 14.9. The van der Waals surface area contributed by atoms with Crippen LogP contribution in [0.3, 0.4) is 0 Å². The standard InChI is InChI=1S/C55H46F12O5/c1-7-48(8-2,70-6)37-15-19-39(20-16-37)51(54(62,63)64,55(65,66)67)42-25-33-45(34-26-42)71-44-27-11-35(12-28-44)47(68)36-13-29-46(30-14-36)72-49(9-3,10-4)38-17-21-40(22-18-38)50(52(56,57)58,53(59,60)61)41-23-31-43(69-5)32-24-41/h9-34H,3-4,7-8H2,1-2,5-6H3. The number of ketones is 1. The number of halogens is 12. The average Bonchev–Trinajstić information content (AvgIpc) is 3.34. The molecule has 0 aromatic heterocycles. The fourth-order valence-corrected chi connectivity index (χ4v) is 8.96. The van der Waals surface area contributed by atoms with Gasteiger partial charge in [0.25, 0.3) is 0 Å². The fraction of sp³-hybridized carbons (Fsp3) is 0.255. The molecule has 0 fully saturated rings. The van der Waals surface area contributed by atoms with Crippen molar-refractivity contribution in [1.82, 2.24) is 0 Å². The monoisotopic (exact) mass is 1010 g/mol. The van der Waals surface area contributed by atoms with E-state index in [0.29, 0.717) is 54.8 Å². The molecule has 0 bridgehead atoms. The van der Waals surface area contributed by atoms with Gasteiger partial charge in [0.15, 0.2) is 11.4 Å². The topological polar surface area (TPSA) is 54.0 Å². The number of carbonyl (C=O) groups is 1. The molecule has 0 unspecified atom stereocenters. The highest BCUT2D eigenvalue weighted by Crippen LogP contribution is 2.58. The first-order valence-corrected chi connectivity index (χ1v) is 22.0. The summed E-state index contributed by atoms with van der Waals surface area (Å²) in [4.78, 5) is 13.5. The highest BCUT2D eigenvalue weighted by Gasteiger charge is 2.73. The van der Waals surface area contributed by atoms with Gasteiger partial charge >= 0.3 is 24.7 Å². The van der Waals surface area contributed by atoms with Gasteiger partial charge in [0.1, 0.15) is 23.0 Å². The largest absolute Gasteiger partial charge is 0.497 e. The van der Waals surface area contributed by atoms with Crippen molar-refractivity contribution in [2.24, 2.45) is 0 Å². The number of rotatable bonds is 18. The first kappa shape index (κ1) is 54.3. The van der Waals surface area contributed by atoms with E-state index >= 15 is 0 Å². The highest BCUT2D eigenvalue weighted by atomic mass is 19.4. The lowest BCUT2D eigenvalue weighted by Crippen LogP contribution is -2.54. The van der Waals surface area contributed by atoms with Crippen molar-refractivity contribution in [3.05, 3.63) is 215 Å². The smallest absolute Gasteiger partial charge is 0.411 e. The Labute approximate surface area is 407 Å². The Balaban J connectivity index is 1.19. The predicted molar refractivity (Wildman–Crippen MR) is 246 cm³/mol. The Hall–Kier alpha value is -7.01. The third-order valence-electron chi connectivity index (χ3n) is 13.0. The van der Waals surface area contributed by atoms with Crippen molar-refractivity contribution in [3.8, 4) is 23.0 Å². The van der Waals surface area contributed by atoms with E-state index in [0.717, 1.165) is 48.5 Å². The Morgan fingerprint density at radius 1 is 0.431 bits per heavy atom. The van der Waals surface area contributed by atoms with Crippen molar-refractivity contribution in [1.29, 1.82) is 0 Å². The number of methoxy groups -OCH3 is 2. The van der Waals surface area contributed by atoms with Crippen LogP contribution in [0.4, 0.5) is 52.7 Å². The van der Waals surface area contributed by atoms with Crippen LogP contribution >= 0.6 is 0 Å². The average molecular weight is 1010 g/mol.